The number of carbonyl (C=O) groups is 1. The second-order valence-electron chi connectivity index (χ2n) is 8.79. The van der Waals surface area contributed by atoms with Crippen molar-refractivity contribution in [1.82, 2.24) is 19.8 Å². The normalized spacial score (nSPS) is 15.6. The number of ether oxygens (including phenoxy) is 1. The van der Waals surface area contributed by atoms with E-state index in [9.17, 15) is 9.90 Å². The van der Waals surface area contributed by atoms with E-state index in [4.69, 9.17) is 9.15 Å². The zero-order valence-electron chi connectivity index (χ0n) is 18.7. The van der Waals surface area contributed by atoms with Gasteiger partial charge in [0.1, 0.15) is 11.3 Å². The molecule has 0 atom stereocenters. The molecule has 9 heteroatoms. The summed E-state index contributed by atoms with van der Waals surface area (Å²) in [6.45, 7) is 10.9. The lowest BCUT2D eigenvalue weighted by atomic mass is 10.1. The van der Waals surface area contributed by atoms with Crippen molar-refractivity contribution < 1.29 is 19.1 Å². The van der Waals surface area contributed by atoms with Crippen LogP contribution in [0.15, 0.2) is 41.1 Å². The predicted molar refractivity (Wildman–Crippen MR) is 127 cm³/mol. The Kier molecular flexibility index (Phi) is 6.01. The molecule has 0 saturated carbocycles. The van der Waals surface area contributed by atoms with Crippen LogP contribution < -0.4 is 4.74 Å². The van der Waals surface area contributed by atoms with Crippen molar-refractivity contribution in [3.63, 3.8) is 0 Å². The molecule has 0 aliphatic carbocycles. The third kappa shape index (κ3) is 4.71. The van der Waals surface area contributed by atoms with Gasteiger partial charge in [0.15, 0.2) is 5.65 Å². The average molecular weight is 467 g/mol. The number of hydrogen-bond acceptors (Lipinski definition) is 8. The highest BCUT2D eigenvalue weighted by Crippen LogP contribution is 2.34. The third-order valence-electron chi connectivity index (χ3n) is 5.82. The molecule has 172 valence electrons. The molecule has 5 rings (SSSR count). The molecule has 1 aliphatic rings. The number of nitrogens with zero attached hydrogens (tertiary/aromatic N) is 4. The standard InChI is InChI=1S/C24H26N4O4S/c1-15(2)12-27-7-9-28(10-8-27)13-16-14-31-20-11-17(3-4-18(16)20)32-24-26-22-21(33-24)19(23(29)30)5-6-25-22/h3-6,11,14-15H,7-10,12-13H2,1-2H3,(H,29,30). The minimum atomic E-state index is -1.01. The molecule has 1 aliphatic heterocycles. The minimum Gasteiger partial charge on any atom is -0.478 e. The Balaban J connectivity index is 1.28. The number of furan rings is 1. The number of hydrogen-bond donors (Lipinski definition) is 1. The number of carboxylic acids is 1. The fourth-order valence-corrected chi connectivity index (χ4v) is 5.16. The molecular formula is C24H26N4O4S. The number of fused-ring (bicyclic) bond motifs is 2. The van der Waals surface area contributed by atoms with E-state index in [-0.39, 0.29) is 5.56 Å². The van der Waals surface area contributed by atoms with Crippen LogP contribution >= 0.6 is 11.3 Å². The van der Waals surface area contributed by atoms with Gasteiger partial charge in [-0.15, -0.1) is 0 Å². The van der Waals surface area contributed by atoms with Gasteiger partial charge in [0.2, 0.25) is 0 Å². The highest BCUT2D eigenvalue weighted by molar-refractivity contribution is 7.20. The molecule has 0 radical (unpaired) electrons. The predicted octanol–water partition coefficient (Wildman–Crippen LogP) is 4.70. The Hall–Kier alpha value is -3.01. The number of rotatable bonds is 7. The number of piperazine rings is 1. The zero-order valence-corrected chi connectivity index (χ0v) is 19.5. The smallest absolute Gasteiger partial charge is 0.337 e. The SMILES string of the molecule is CC(C)CN1CCN(Cc2coc3cc(Oc4nc5nccc(C(=O)O)c5s4)ccc23)CC1. The molecule has 1 fully saturated rings. The molecule has 3 aromatic heterocycles. The fraction of sp³-hybridized carbons (Fsp3) is 0.375. The molecule has 1 aromatic carbocycles. The summed E-state index contributed by atoms with van der Waals surface area (Å²) in [4.78, 5) is 24.9. The Morgan fingerprint density at radius 2 is 2.00 bits per heavy atom. The van der Waals surface area contributed by atoms with Crippen LogP contribution in [0.4, 0.5) is 0 Å². The van der Waals surface area contributed by atoms with Crippen LogP contribution in [0, 0.1) is 5.92 Å². The summed E-state index contributed by atoms with van der Waals surface area (Å²) in [5, 5.41) is 10.8. The lowest BCUT2D eigenvalue weighted by Crippen LogP contribution is -2.46. The first-order chi connectivity index (χ1) is 16.0. The topological polar surface area (TPSA) is 91.9 Å². The lowest BCUT2D eigenvalue weighted by Gasteiger charge is -2.35. The molecule has 1 saturated heterocycles. The summed E-state index contributed by atoms with van der Waals surface area (Å²) in [5.74, 6) is 0.272. The van der Waals surface area contributed by atoms with Gasteiger partial charge in [-0.25, -0.2) is 9.78 Å². The third-order valence-corrected chi connectivity index (χ3v) is 6.77. The molecule has 0 bridgehead atoms. The largest absolute Gasteiger partial charge is 0.478 e. The maximum atomic E-state index is 11.4. The average Bonchev–Trinajstić information content (AvgIpc) is 3.37. The molecule has 0 amide bonds. The second kappa shape index (κ2) is 9.09. The van der Waals surface area contributed by atoms with E-state index in [1.165, 1.54) is 29.2 Å². The summed E-state index contributed by atoms with van der Waals surface area (Å²) in [7, 11) is 0. The molecule has 4 heterocycles. The second-order valence-corrected chi connectivity index (χ2v) is 9.75. The van der Waals surface area contributed by atoms with Gasteiger partial charge in [-0.1, -0.05) is 25.2 Å². The van der Waals surface area contributed by atoms with Crippen LogP contribution in [0.5, 0.6) is 10.9 Å². The number of aromatic carboxylic acids is 1. The van der Waals surface area contributed by atoms with E-state index < -0.39 is 5.97 Å². The summed E-state index contributed by atoms with van der Waals surface area (Å²) in [5.41, 5.74) is 2.46. The van der Waals surface area contributed by atoms with Crippen molar-refractivity contribution >= 4 is 38.6 Å². The van der Waals surface area contributed by atoms with Gasteiger partial charge in [0.25, 0.3) is 5.19 Å². The van der Waals surface area contributed by atoms with Gasteiger partial charge in [-0.05, 0) is 24.1 Å². The van der Waals surface area contributed by atoms with Crippen LogP contribution in [0.1, 0.15) is 29.8 Å². The van der Waals surface area contributed by atoms with Crippen LogP contribution in [0.25, 0.3) is 21.3 Å². The molecular weight excluding hydrogens is 440 g/mol. The number of pyridine rings is 1. The van der Waals surface area contributed by atoms with Crippen LogP contribution in [-0.2, 0) is 6.54 Å². The Labute approximate surface area is 195 Å². The molecule has 0 unspecified atom stereocenters. The summed E-state index contributed by atoms with van der Waals surface area (Å²) >= 11 is 1.17. The van der Waals surface area contributed by atoms with Crippen LogP contribution in [0.3, 0.4) is 0 Å². The first-order valence-corrected chi connectivity index (χ1v) is 11.9. The van der Waals surface area contributed by atoms with E-state index in [2.05, 4.69) is 33.6 Å². The fourth-order valence-electron chi connectivity index (χ4n) is 4.26. The molecule has 1 N–H and O–H groups in total. The summed E-state index contributed by atoms with van der Waals surface area (Å²) in [6, 6.07) is 7.20. The lowest BCUT2D eigenvalue weighted by molar-refractivity contribution is 0.0699. The summed E-state index contributed by atoms with van der Waals surface area (Å²) < 4.78 is 12.2. The van der Waals surface area contributed by atoms with Crippen molar-refractivity contribution in [3.05, 3.63) is 47.9 Å². The Bertz CT molecular complexity index is 1290. The molecule has 8 nitrogen and oxygen atoms in total. The number of thiazole rings is 1. The van der Waals surface area contributed by atoms with Gasteiger partial charge >= 0.3 is 5.97 Å². The highest BCUT2D eigenvalue weighted by atomic mass is 32.1. The zero-order chi connectivity index (χ0) is 22.9. The van der Waals surface area contributed by atoms with Crippen molar-refractivity contribution in [2.45, 2.75) is 20.4 Å². The maximum absolute atomic E-state index is 11.4. The van der Waals surface area contributed by atoms with E-state index in [1.807, 2.05) is 24.5 Å². The van der Waals surface area contributed by atoms with Crippen molar-refractivity contribution in [3.8, 4) is 10.9 Å². The number of carboxylic acid groups (broad SMARTS) is 1. The molecule has 0 spiro atoms. The maximum Gasteiger partial charge on any atom is 0.337 e. The van der Waals surface area contributed by atoms with Crippen LogP contribution in [0.2, 0.25) is 0 Å². The van der Waals surface area contributed by atoms with Gasteiger partial charge in [-0.3, -0.25) is 4.90 Å². The van der Waals surface area contributed by atoms with E-state index in [1.54, 1.807) is 0 Å². The molecule has 4 aromatic rings. The van der Waals surface area contributed by atoms with Crippen molar-refractivity contribution in [2.75, 3.05) is 32.7 Å². The van der Waals surface area contributed by atoms with Gasteiger partial charge in [-0.2, -0.15) is 4.98 Å². The Morgan fingerprint density at radius 3 is 2.76 bits per heavy atom. The number of aromatic nitrogens is 2. The minimum absolute atomic E-state index is 0.170. The van der Waals surface area contributed by atoms with E-state index in [0.717, 1.165) is 50.2 Å². The number of benzene rings is 1. The van der Waals surface area contributed by atoms with Gasteiger partial charge in [0.05, 0.1) is 16.5 Å². The molecule has 33 heavy (non-hydrogen) atoms. The highest BCUT2D eigenvalue weighted by Gasteiger charge is 2.20. The Morgan fingerprint density at radius 1 is 1.21 bits per heavy atom. The van der Waals surface area contributed by atoms with Crippen LogP contribution in [-0.4, -0.2) is 63.6 Å². The quantitative estimate of drug-likeness (QED) is 0.419. The summed E-state index contributed by atoms with van der Waals surface area (Å²) in [6.07, 6.45) is 3.27. The van der Waals surface area contributed by atoms with E-state index in [0.29, 0.717) is 27.2 Å². The first-order valence-electron chi connectivity index (χ1n) is 11.1. The van der Waals surface area contributed by atoms with Gasteiger partial charge < -0.3 is 19.2 Å². The van der Waals surface area contributed by atoms with Crippen molar-refractivity contribution in [1.29, 1.82) is 0 Å². The first kappa shape index (κ1) is 21.8. The monoisotopic (exact) mass is 466 g/mol. The van der Waals surface area contributed by atoms with Gasteiger partial charge in [0, 0.05) is 62.5 Å². The van der Waals surface area contributed by atoms with E-state index >= 15 is 0 Å². The van der Waals surface area contributed by atoms with Crippen molar-refractivity contribution in [2.24, 2.45) is 5.92 Å².